The van der Waals surface area contributed by atoms with Gasteiger partial charge in [-0.1, -0.05) is 25.2 Å². The Morgan fingerprint density at radius 2 is 2.00 bits per heavy atom. The van der Waals surface area contributed by atoms with Crippen LogP contribution in [-0.4, -0.2) is 14.8 Å². The lowest BCUT2D eigenvalue weighted by molar-refractivity contribution is 0.639. The molecule has 2 rings (SSSR count). The smallest absolute Gasteiger partial charge is 0.216 e. The van der Waals surface area contributed by atoms with Crippen molar-refractivity contribution in [2.75, 3.05) is 0 Å². The molecular weight excluding hydrogens is 194 g/mol. The molecule has 2 aromatic heterocycles. The molecule has 0 unspecified atom stereocenters. The van der Waals surface area contributed by atoms with Crippen molar-refractivity contribution in [3.05, 3.63) is 29.5 Å². The van der Waals surface area contributed by atoms with Crippen molar-refractivity contribution in [3.63, 3.8) is 0 Å². The number of hydrogen-bond acceptors (Lipinski definition) is 3. The van der Waals surface area contributed by atoms with Gasteiger partial charge in [0.2, 0.25) is 5.13 Å². The first-order valence-corrected chi connectivity index (χ1v) is 5.53. The minimum absolute atomic E-state index is 0.639. The van der Waals surface area contributed by atoms with E-state index in [0.29, 0.717) is 5.92 Å². The van der Waals surface area contributed by atoms with E-state index in [1.807, 2.05) is 29.1 Å². The SMILES string of the molecule is CC(C)Cc1nnc(-n2cccc2)s1. The van der Waals surface area contributed by atoms with Crippen LogP contribution in [0.2, 0.25) is 0 Å². The zero-order valence-corrected chi connectivity index (χ0v) is 9.16. The fraction of sp³-hybridized carbons (Fsp3) is 0.400. The van der Waals surface area contributed by atoms with E-state index in [1.54, 1.807) is 11.3 Å². The molecule has 0 N–H and O–H groups in total. The second kappa shape index (κ2) is 3.92. The van der Waals surface area contributed by atoms with Crippen molar-refractivity contribution in [1.29, 1.82) is 0 Å². The number of nitrogens with zero attached hydrogens (tertiary/aromatic N) is 3. The molecule has 0 atom stereocenters. The van der Waals surface area contributed by atoms with E-state index in [-0.39, 0.29) is 0 Å². The van der Waals surface area contributed by atoms with E-state index in [4.69, 9.17) is 0 Å². The summed E-state index contributed by atoms with van der Waals surface area (Å²) >= 11 is 1.66. The Morgan fingerprint density at radius 3 is 2.64 bits per heavy atom. The van der Waals surface area contributed by atoms with Crippen molar-refractivity contribution in [2.24, 2.45) is 5.92 Å². The Morgan fingerprint density at radius 1 is 1.29 bits per heavy atom. The summed E-state index contributed by atoms with van der Waals surface area (Å²) in [6, 6.07) is 3.98. The molecule has 0 aliphatic rings. The van der Waals surface area contributed by atoms with Crippen LogP contribution in [0.3, 0.4) is 0 Å². The third kappa shape index (κ3) is 2.01. The Labute approximate surface area is 87.4 Å². The first kappa shape index (κ1) is 9.40. The maximum Gasteiger partial charge on any atom is 0.216 e. The molecule has 0 radical (unpaired) electrons. The topological polar surface area (TPSA) is 30.7 Å². The summed E-state index contributed by atoms with van der Waals surface area (Å²) < 4.78 is 1.99. The zero-order valence-electron chi connectivity index (χ0n) is 8.34. The maximum absolute atomic E-state index is 4.16. The lowest BCUT2D eigenvalue weighted by atomic mass is 10.1. The summed E-state index contributed by atoms with van der Waals surface area (Å²) in [5, 5.41) is 10.4. The molecule has 0 amide bonds. The molecule has 3 nitrogen and oxygen atoms in total. The summed E-state index contributed by atoms with van der Waals surface area (Å²) in [6.45, 7) is 4.38. The highest BCUT2D eigenvalue weighted by Gasteiger charge is 2.06. The Hall–Kier alpha value is -1.16. The first-order chi connectivity index (χ1) is 6.75. The summed E-state index contributed by atoms with van der Waals surface area (Å²) in [7, 11) is 0. The van der Waals surface area contributed by atoms with E-state index in [9.17, 15) is 0 Å². The second-order valence-electron chi connectivity index (χ2n) is 3.67. The van der Waals surface area contributed by atoms with Crippen LogP contribution in [0.1, 0.15) is 18.9 Å². The molecule has 14 heavy (non-hydrogen) atoms. The van der Waals surface area contributed by atoms with E-state index in [1.165, 1.54) is 0 Å². The van der Waals surface area contributed by atoms with E-state index in [0.717, 1.165) is 16.6 Å². The van der Waals surface area contributed by atoms with Crippen LogP contribution in [0.4, 0.5) is 0 Å². The minimum Gasteiger partial charge on any atom is -0.299 e. The third-order valence-electron chi connectivity index (χ3n) is 1.86. The predicted octanol–water partition coefficient (Wildman–Crippen LogP) is 2.53. The molecule has 0 aliphatic carbocycles. The van der Waals surface area contributed by atoms with Crippen molar-refractivity contribution < 1.29 is 0 Å². The second-order valence-corrected chi connectivity index (χ2v) is 4.71. The lowest BCUT2D eigenvalue weighted by Gasteiger charge is -1.97. The van der Waals surface area contributed by atoms with Gasteiger partial charge in [0.25, 0.3) is 0 Å². The molecule has 2 heterocycles. The maximum atomic E-state index is 4.16. The minimum atomic E-state index is 0.639. The van der Waals surface area contributed by atoms with Gasteiger partial charge >= 0.3 is 0 Å². The molecule has 0 bridgehead atoms. The summed E-state index contributed by atoms with van der Waals surface area (Å²) in [4.78, 5) is 0. The number of hydrogen-bond donors (Lipinski definition) is 0. The molecule has 74 valence electrons. The van der Waals surface area contributed by atoms with Gasteiger partial charge in [-0.25, -0.2) is 0 Å². The van der Waals surface area contributed by atoms with Crippen LogP contribution >= 0.6 is 11.3 Å². The average Bonchev–Trinajstić information content (AvgIpc) is 2.69. The van der Waals surface area contributed by atoms with E-state index >= 15 is 0 Å². The largest absolute Gasteiger partial charge is 0.299 e. The van der Waals surface area contributed by atoms with Crippen LogP contribution in [0.15, 0.2) is 24.5 Å². The van der Waals surface area contributed by atoms with Crippen molar-refractivity contribution in [3.8, 4) is 5.13 Å². The van der Waals surface area contributed by atoms with Gasteiger partial charge in [0, 0.05) is 18.8 Å². The third-order valence-corrected chi connectivity index (χ3v) is 2.82. The van der Waals surface area contributed by atoms with E-state index < -0.39 is 0 Å². The molecule has 4 heteroatoms. The molecular formula is C10H13N3S. The van der Waals surface area contributed by atoms with Gasteiger partial charge in [-0.3, -0.25) is 4.57 Å². The van der Waals surface area contributed by atoms with Crippen LogP contribution < -0.4 is 0 Å². The first-order valence-electron chi connectivity index (χ1n) is 4.71. The Kier molecular flexibility index (Phi) is 2.63. The van der Waals surface area contributed by atoms with Crippen molar-refractivity contribution in [2.45, 2.75) is 20.3 Å². The molecule has 2 aromatic rings. The van der Waals surface area contributed by atoms with Gasteiger partial charge < -0.3 is 0 Å². The monoisotopic (exact) mass is 207 g/mol. The Balaban J connectivity index is 2.18. The van der Waals surface area contributed by atoms with Gasteiger partial charge in [-0.2, -0.15) is 0 Å². The van der Waals surface area contributed by atoms with Crippen molar-refractivity contribution in [1.82, 2.24) is 14.8 Å². The van der Waals surface area contributed by atoms with Gasteiger partial charge in [0.1, 0.15) is 5.01 Å². The highest BCUT2D eigenvalue weighted by Crippen LogP contribution is 2.17. The van der Waals surface area contributed by atoms with Crippen LogP contribution in [-0.2, 0) is 6.42 Å². The Bertz CT molecular complexity index is 389. The normalized spacial score (nSPS) is 11.1. The fourth-order valence-corrected chi connectivity index (χ4v) is 2.26. The van der Waals surface area contributed by atoms with Gasteiger partial charge in [-0.15, -0.1) is 10.2 Å². The molecule has 0 aromatic carbocycles. The molecule has 0 aliphatic heterocycles. The van der Waals surface area contributed by atoms with E-state index in [2.05, 4.69) is 24.0 Å². The fourth-order valence-electron chi connectivity index (χ4n) is 1.24. The molecule has 0 saturated heterocycles. The molecule has 0 saturated carbocycles. The van der Waals surface area contributed by atoms with Gasteiger partial charge in [0.05, 0.1) is 0 Å². The van der Waals surface area contributed by atoms with Crippen LogP contribution in [0, 0.1) is 5.92 Å². The highest BCUT2D eigenvalue weighted by molar-refractivity contribution is 7.13. The quantitative estimate of drug-likeness (QED) is 0.774. The average molecular weight is 207 g/mol. The van der Waals surface area contributed by atoms with Crippen LogP contribution in [0.25, 0.3) is 5.13 Å². The number of aromatic nitrogens is 3. The van der Waals surface area contributed by atoms with Gasteiger partial charge in [-0.05, 0) is 18.1 Å². The summed E-state index contributed by atoms with van der Waals surface area (Å²) in [6.07, 6.45) is 4.98. The predicted molar refractivity (Wildman–Crippen MR) is 57.8 cm³/mol. The summed E-state index contributed by atoms with van der Waals surface area (Å²) in [5.74, 6) is 0.639. The van der Waals surface area contributed by atoms with Crippen molar-refractivity contribution >= 4 is 11.3 Å². The highest BCUT2D eigenvalue weighted by atomic mass is 32.1. The molecule has 0 spiro atoms. The molecule has 0 fully saturated rings. The standard InChI is InChI=1S/C10H13N3S/c1-8(2)7-9-11-12-10(14-9)13-5-3-4-6-13/h3-6,8H,7H2,1-2H3. The van der Waals surface area contributed by atoms with Crippen LogP contribution in [0.5, 0.6) is 0 Å². The number of rotatable bonds is 3. The lowest BCUT2D eigenvalue weighted by Crippen LogP contribution is -1.92. The van der Waals surface area contributed by atoms with Gasteiger partial charge in [0.15, 0.2) is 0 Å². The zero-order chi connectivity index (χ0) is 9.97. The summed E-state index contributed by atoms with van der Waals surface area (Å²) in [5.41, 5.74) is 0.